The molecule has 0 spiro atoms. The number of hydrogen-bond donors (Lipinski definition) is 0. The highest BCUT2D eigenvalue weighted by molar-refractivity contribution is 5.09. The molecule has 0 aromatic rings. The second-order valence-electron chi connectivity index (χ2n) is 11.2. The molecule has 25 heavy (non-hydrogen) atoms. The molecule has 4 aliphatic carbocycles. The Kier molecular flexibility index (Phi) is 5.04. The third-order valence-electron chi connectivity index (χ3n) is 10.5. The van der Waals surface area contributed by atoms with Gasteiger partial charge in [0.15, 0.2) is 0 Å². The summed E-state index contributed by atoms with van der Waals surface area (Å²) in [6.45, 7) is 10.3. The highest BCUT2D eigenvalue weighted by Gasteiger charge is 2.59. The molecule has 0 radical (unpaired) electrons. The van der Waals surface area contributed by atoms with Gasteiger partial charge in [-0.05, 0) is 111 Å². The van der Waals surface area contributed by atoms with E-state index in [2.05, 4.69) is 27.7 Å². The third-order valence-corrected chi connectivity index (χ3v) is 10.5. The van der Waals surface area contributed by atoms with Crippen LogP contribution in [0.3, 0.4) is 0 Å². The number of rotatable bonds is 4. The van der Waals surface area contributed by atoms with Crippen molar-refractivity contribution in [3.8, 4) is 0 Å². The molecule has 0 aromatic carbocycles. The van der Waals surface area contributed by atoms with Crippen molar-refractivity contribution in [2.45, 2.75) is 111 Å². The highest BCUT2D eigenvalue weighted by atomic mass is 14.6. The molecule has 4 fully saturated rings. The van der Waals surface area contributed by atoms with Crippen LogP contribution in [0.25, 0.3) is 0 Å². The Balaban J connectivity index is 1.52. The minimum Gasteiger partial charge on any atom is -0.0654 e. The molecule has 0 heteroatoms. The molecule has 8 atom stereocenters. The van der Waals surface area contributed by atoms with Crippen molar-refractivity contribution in [1.82, 2.24) is 0 Å². The molecule has 0 saturated heterocycles. The van der Waals surface area contributed by atoms with E-state index in [1.807, 2.05) is 0 Å². The predicted molar refractivity (Wildman–Crippen MR) is 109 cm³/mol. The van der Waals surface area contributed by atoms with Crippen molar-refractivity contribution < 1.29 is 0 Å². The molecular weight excluding hydrogens is 300 g/mol. The molecule has 0 bridgehead atoms. The van der Waals surface area contributed by atoms with Gasteiger partial charge in [-0.15, -0.1) is 0 Å². The third kappa shape index (κ3) is 2.84. The lowest BCUT2D eigenvalue weighted by Gasteiger charge is -2.61. The fourth-order valence-electron chi connectivity index (χ4n) is 8.75. The Morgan fingerprint density at radius 3 is 2.32 bits per heavy atom. The fourth-order valence-corrected chi connectivity index (χ4v) is 8.75. The molecule has 0 aliphatic heterocycles. The lowest BCUT2D eigenvalue weighted by molar-refractivity contribution is -0.118. The van der Waals surface area contributed by atoms with Crippen LogP contribution in [0, 0.1) is 46.3 Å². The summed E-state index contributed by atoms with van der Waals surface area (Å²) in [5.41, 5.74) is 1.41. The van der Waals surface area contributed by atoms with Gasteiger partial charge in [0.1, 0.15) is 0 Å². The number of hydrogen-bond acceptors (Lipinski definition) is 0. The molecule has 4 saturated carbocycles. The van der Waals surface area contributed by atoms with E-state index in [0.717, 1.165) is 35.5 Å². The summed E-state index contributed by atoms with van der Waals surface area (Å²) < 4.78 is 0. The van der Waals surface area contributed by atoms with Crippen molar-refractivity contribution in [2.24, 2.45) is 46.3 Å². The maximum absolute atomic E-state index is 2.74. The van der Waals surface area contributed by atoms with Gasteiger partial charge < -0.3 is 0 Å². The van der Waals surface area contributed by atoms with E-state index in [1.54, 1.807) is 51.4 Å². The average molecular weight is 345 g/mol. The van der Waals surface area contributed by atoms with Gasteiger partial charge in [-0.3, -0.25) is 0 Å². The molecule has 4 aliphatic rings. The van der Waals surface area contributed by atoms with Crippen LogP contribution in [0.1, 0.15) is 111 Å². The van der Waals surface area contributed by atoms with Crippen LogP contribution in [0.5, 0.6) is 0 Å². The van der Waals surface area contributed by atoms with E-state index in [-0.39, 0.29) is 0 Å². The zero-order valence-corrected chi connectivity index (χ0v) is 17.7. The molecular formula is C25H44. The molecule has 144 valence electrons. The number of unbranched alkanes of at least 4 members (excludes halogenated alkanes) is 1. The van der Waals surface area contributed by atoms with Crippen LogP contribution in [0.4, 0.5) is 0 Å². The summed E-state index contributed by atoms with van der Waals surface area (Å²) in [7, 11) is 0. The topological polar surface area (TPSA) is 0 Å². The summed E-state index contributed by atoms with van der Waals surface area (Å²) in [6, 6.07) is 0. The van der Waals surface area contributed by atoms with Crippen LogP contribution in [-0.2, 0) is 0 Å². The summed E-state index contributed by atoms with van der Waals surface area (Å²) in [5.74, 6) is 6.41. The lowest BCUT2D eigenvalue weighted by atomic mass is 9.44. The predicted octanol–water partition coefficient (Wildman–Crippen LogP) is 7.86. The summed E-state index contributed by atoms with van der Waals surface area (Å²) in [6.07, 6.45) is 19.9. The summed E-state index contributed by atoms with van der Waals surface area (Å²) in [5, 5.41) is 0. The van der Waals surface area contributed by atoms with E-state index >= 15 is 0 Å². The Bertz CT molecular complexity index is 467. The maximum Gasteiger partial charge on any atom is -0.0266 e. The van der Waals surface area contributed by atoms with Gasteiger partial charge in [0.05, 0.1) is 0 Å². The first kappa shape index (κ1) is 18.4. The number of fused-ring (bicyclic) bond motifs is 5. The van der Waals surface area contributed by atoms with Crippen LogP contribution < -0.4 is 0 Å². The Morgan fingerprint density at radius 1 is 0.800 bits per heavy atom. The monoisotopic (exact) mass is 344 g/mol. The average Bonchev–Trinajstić information content (AvgIpc) is 2.95. The molecule has 0 nitrogen and oxygen atoms in total. The lowest BCUT2D eigenvalue weighted by Crippen LogP contribution is -2.53. The molecule has 4 rings (SSSR count). The largest absolute Gasteiger partial charge is 0.0654 e. The van der Waals surface area contributed by atoms with Gasteiger partial charge in [0, 0.05) is 0 Å². The minimum atomic E-state index is 0.706. The second kappa shape index (κ2) is 6.87. The first-order valence-electron chi connectivity index (χ1n) is 12.0. The fraction of sp³-hybridized carbons (Fsp3) is 1.00. The minimum absolute atomic E-state index is 0.706. The van der Waals surface area contributed by atoms with Crippen molar-refractivity contribution in [2.75, 3.05) is 0 Å². The van der Waals surface area contributed by atoms with E-state index in [9.17, 15) is 0 Å². The molecule has 0 N–H and O–H groups in total. The van der Waals surface area contributed by atoms with Crippen LogP contribution >= 0.6 is 0 Å². The first-order valence-corrected chi connectivity index (χ1v) is 12.0. The Labute approximate surface area is 157 Å². The van der Waals surface area contributed by atoms with Gasteiger partial charge in [0.2, 0.25) is 0 Å². The zero-order valence-electron chi connectivity index (χ0n) is 17.7. The van der Waals surface area contributed by atoms with E-state index in [1.165, 1.54) is 32.1 Å². The maximum atomic E-state index is 2.74. The Morgan fingerprint density at radius 2 is 1.56 bits per heavy atom. The molecule has 0 amide bonds. The van der Waals surface area contributed by atoms with Gasteiger partial charge >= 0.3 is 0 Å². The zero-order chi connectivity index (χ0) is 17.7. The quantitative estimate of drug-likeness (QED) is 0.487. The highest BCUT2D eigenvalue weighted by Crippen LogP contribution is 2.68. The van der Waals surface area contributed by atoms with Gasteiger partial charge in [-0.25, -0.2) is 0 Å². The normalized spacial score (nSPS) is 52.3. The van der Waals surface area contributed by atoms with Crippen LogP contribution in [-0.4, -0.2) is 0 Å². The van der Waals surface area contributed by atoms with E-state index in [0.29, 0.717) is 10.8 Å². The van der Waals surface area contributed by atoms with Gasteiger partial charge in [-0.1, -0.05) is 47.0 Å². The van der Waals surface area contributed by atoms with Crippen molar-refractivity contribution in [1.29, 1.82) is 0 Å². The SMILES string of the molecule is CCCCC1CCC2C3CCC4CC(CC)CCC4(C)C3CCC12C. The standard InChI is InChI=1S/C25H44/c1-5-7-8-19-10-12-22-21-11-9-20-17-18(6-2)13-15-25(20,4)23(21)14-16-24(19,22)3/h18-23H,5-17H2,1-4H3. The molecule has 8 unspecified atom stereocenters. The van der Waals surface area contributed by atoms with Crippen molar-refractivity contribution in [3.63, 3.8) is 0 Å². The summed E-state index contributed by atoms with van der Waals surface area (Å²) >= 11 is 0. The molecule has 0 heterocycles. The van der Waals surface area contributed by atoms with Crippen LogP contribution in [0.2, 0.25) is 0 Å². The second-order valence-corrected chi connectivity index (χ2v) is 11.2. The van der Waals surface area contributed by atoms with E-state index < -0.39 is 0 Å². The first-order chi connectivity index (χ1) is 12.0. The molecule has 0 aromatic heterocycles. The van der Waals surface area contributed by atoms with Gasteiger partial charge in [-0.2, -0.15) is 0 Å². The van der Waals surface area contributed by atoms with Crippen LogP contribution in [0.15, 0.2) is 0 Å². The smallest absolute Gasteiger partial charge is 0.0266 e. The van der Waals surface area contributed by atoms with Crippen molar-refractivity contribution in [3.05, 3.63) is 0 Å². The van der Waals surface area contributed by atoms with Crippen molar-refractivity contribution >= 4 is 0 Å². The Hall–Kier alpha value is 0. The summed E-state index contributed by atoms with van der Waals surface area (Å²) in [4.78, 5) is 0. The van der Waals surface area contributed by atoms with Gasteiger partial charge in [0.25, 0.3) is 0 Å². The van der Waals surface area contributed by atoms with E-state index in [4.69, 9.17) is 0 Å².